The molecule has 0 atom stereocenters. The van der Waals surface area contributed by atoms with Crippen LogP contribution >= 0.6 is 0 Å². The number of nitrogens with one attached hydrogen (secondary N) is 1. The first-order chi connectivity index (χ1) is 13.5. The topological polar surface area (TPSA) is 71.4 Å². The van der Waals surface area contributed by atoms with Crippen LogP contribution in [0.3, 0.4) is 0 Å². The summed E-state index contributed by atoms with van der Waals surface area (Å²) in [6.07, 6.45) is 5.40. The minimum absolute atomic E-state index is 0.184. The summed E-state index contributed by atoms with van der Waals surface area (Å²) in [5.74, 6) is -0.0317. The van der Waals surface area contributed by atoms with Crippen LogP contribution < -0.4 is 9.62 Å². The van der Waals surface area contributed by atoms with Gasteiger partial charge in [0.25, 0.3) is 5.91 Å². The molecule has 3 aromatic rings. The highest BCUT2D eigenvalue weighted by molar-refractivity contribution is 7.92. The van der Waals surface area contributed by atoms with E-state index in [9.17, 15) is 13.2 Å². The normalized spacial score (nSPS) is 15.9. The van der Waals surface area contributed by atoms with E-state index >= 15 is 0 Å². The monoisotopic (exact) mass is 395 g/mol. The fourth-order valence-corrected chi connectivity index (χ4v) is 4.95. The van der Waals surface area contributed by atoms with Crippen LogP contribution in [0.4, 0.5) is 11.4 Å². The fraction of sp³-hybridized carbons (Fsp3) is 0.190. The Morgan fingerprint density at radius 3 is 2.36 bits per heavy atom. The summed E-state index contributed by atoms with van der Waals surface area (Å²) < 4.78 is 27.8. The lowest BCUT2D eigenvalue weighted by Crippen LogP contribution is -2.37. The summed E-state index contributed by atoms with van der Waals surface area (Å²) in [6, 6.07) is 18.1. The number of carbonyl (C=O) groups excluding carboxylic acids is 1. The van der Waals surface area contributed by atoms with Gasteiger partial charge in [0.1, 0.15) is 0 Å². The van der Waals surface area contributed by atoms with E-state index in [0.29, 0.717) is 29.9 Å². The first kappa shape index (κ1) is 18.3. The van der Waals surface area contributed by atoms with E-state index in [4.69, 9.17) is 0 Å². The van der Waals surface area contributed by atoms with Crippen molar-refractivity contribution in [1.82, 2.24) is 4.57 Å². The third kappa shape index (κ3) is 3.80. The predicted molar refractivity (Wildman–Crippen MR) is 111 cm³/mol. The molecule has 144 valence electrons. The van der Waals surface area contributed by atoms with Crippen molar-refractivity contribution in [2.24, 2.45) is 0 Å². The maximum atomic E-state index is 12.6. The minimum atomic E-state index is -3.24. The molecular weight excluding hydrogens is 374 g/mol. The zero-order chi connectivity index (χ0) is 19.6. The van der Waals surface area contributed by atoms with Crippen molar-refractivity contribution >= 4 is 27.3 Å². The zero-order valence-electron chi connectivity index (χ0n) is 15.3. The Morgan fingerprint density at radius 1 is 0.893 bits per heavy atom. The van der Waals surface area contributed by atoms with Crippen LogP contribution in [0, 0.1) is 0 Å². The first-order valence-electron chi connectivity index (χ1n) is 9.18. The highest BCUT2D eigenvalue weighted by Gasteiger charge is 2.25. The van der Waals surface area contributed by atoms with Gasteiger partial charge >= 0.3 is 0 Å². The maximum absolute atomic E-state index is 12.6. The number of nitrogens with zero attached hydrogens (tertiary/aromatic N) is 2. The van der Waals surface area contributed by atoms with Gasteiger partial charge in [0, 0.05) is 35.9 Å². The van der Waals surface area contributed by atoms with Crippen LogP contribution in [0.25, 0.3) is 5.69 Å². The molecule has 0 bridgehead atoms. The van der Waals surface area contributed by atoms with Crippen molar-refractivity contribution in [3.63, 3.8) is 0 Å². The van der Waals surface area contributed by atoms with Gasteiger partial charge in [-0.1, -0.05) is 6.07 Å². The maximum Gasteiger partial charge on any atom is 0.255 e. The average Bonchev–Trinajstić information content (AvgIpc) is 3.23. The van der Waals surface area contributed by atoms with E-state index in [1.807, 2.05) is 47.3 Å². The largest absolute Gasteiger partial charge is 0.324 e. The van der Waals surface area contributed by atoms with Crippen molar-refractivity contribution in [2.45, 2.75) is 12.8 Å². The van der Waals surface area contributed by atoms with E-state index in [2.05, 4.69) is 5.32 Å². The van der Waals surface area contributed by atoms with Crippen molar-refractivity contribution < 1.29 is 13.2 Å². The Morgan fingerprint density at radius 2 is 1.64 bits per heavy atom. The highest BCUT2D eigenvalue weighted by Crippen LogP contribution is 2.25. The Balaban J connectivity index is 1.49. The second kappa shape index (κ2) is 7.52. The molecule has 7 heteroatoms. The van der Waals surface area contributed by atoms with E-state index < -0.39 is 10.0 Å². The molecule has 28 heavy (non-hydrogen) atoms. The number of anilines is 2. The van der Waals surface area contributed by atoms with Crippen LogP contribution in [0.2, 0.25) is 0 Å². The Bertz CT molecular complexity index is 1070. The molecule has 1 aromatic heterocycles. The standard InChI is InChI=1S/C21H21N3O3S/c25-21(17-6-5-7-20(16-17)23-12-1-2-13-23)22-18-8-10-19(11-9-18)24-14-3-4-15-28(24,26)27/h1-2,5-13,16H,3-4,14-15H2,(H,22,25). The highest BCUT2D eigenvalue weighted by atomic mass is 32.2. The van der Waals surface area contributed by atoms with Crippen molar-refractivity contribution in [3.8, 4) is 5.69 Å². The molecule has 0 unspecified atom stereocenters. The molecule has 1 saturated heterocycles. The van der Waals surface area contributed by atoms with E-state index in [1.54, 1.807) is 30.3 Å². The van der Waals surface area contributed by atoms with E-state index in [0.717, 1.165) is 12.1 Å². The molecule has 0 saturated carbocycles. The number of sulfonamides is 1. The summed E-state index contributed by atoms with van der Waals surface area (Å²) in [5, 5.41) is 2.87. The molecule has 0 aliphatic carbocycles. The molecule has 1 N–H and O–H groups in total. The van der Waals surface area contributed by atoms with Crippen molar-refractivity contribution in [1.29, 1.82) is 0 Å². The number of aromatic nitrogens is 1. The fourth-order valence-electron chi connectivity index (χ4n) is 3.31. The number of rotatable bonds is 4. The molecule has 0 radical (unpaired) electrons. The summed E-state index contributed by atoms with van der Waals surface area (Å²) >= 11 is 0. The molecule has 2 aromatic carbocycles. The predicted octanol–water partition coefficient (Wildman–Crippen LogP) is 3.66. The molecule has 1 aliphatic rings. The van der Waals surface area contributed by atoms with Crippen molar-refractivity contribution in [3.05, 3.63) is 78.6 Å². The lowest BCUT2D eigenvalue weighted by Gasteiger charge is -2.28. The van der Waals surface area contributed by atoms with Crippen LogP contribution in [-0.4, -0.2) is 31.2 Å². The lowest BCUT2D eigenvalue weighted by molar-refractivity contribution is 0.102. The second-order valence-corrected chi connectivity index (χ2v) is 8.75. The van der Waals surface area contributed by atoms with Gasteiger partial charge in [-0.2, -0.15) is 0 Å². The third-order valence-electron chi connectivity index (χ3n) is 4.77. The average molecular weight is 395 g/mol. The van der Waals surface area contributed by atoms with Crippen LogP contribution in [0.5, 0.6) is 0 Å². The molecule has 1 aliphatic heterocycles. The molecule has 4 rings (SSSR count). The van der Waals surface area contributed by atoms with E-state index in [-0.39, 0.29) is 11.7 Å². The van der Waals surface area contributed by atoms with Gasteiger partial charge in [-0.3, -0.25) is 9.10 Å². The molecule has 6 nitrogen and oxygen atoms in total. The quantitative estimate of drug-likeness (QED) is 0.733. The number of hydrogen-bond donors (Lipinski definition) is 1. The number of hydrogen-bond acceptors (Lipinski definition) is 3. The first-order valence-corrected chi connectivity index (χ1v) is 10.8. The van der Waals surface area contributed by atoms with E-state index in [1.165, 1.54) is 4.31 Å². The van der Waals surface area contributed by atoms with Crippen LogP contribution in [-0.2, 0) is 10.0 Å². The van der Waals surface area contributed by atoms with Gasteiger partial charge in [-0.25, -0.2) is 8.42 Å². The summed E-state index contributed by atoms with van der Waals surface area (Å²) in [5.41, 5.74) is 2.71. The molecule has 1 fully saturated rings. The summed E-state index contributed by atoms with van der Waals surface area (Å²) in [6.45, 7) is 0.500. The molecule has 1 amide bonds. The lowest BCUT2D eigenvalue weighted by atomic mass is 10.1. The van der Waals surface area contributed by atoms with Crippen LogP contribution in [0.1, 0.15) is 23.2 Å². The van der Waals surface area contributed by atoms with Crippen molar-refractivity contribution in [2.75, 3.05) is 21.9 Å². The number of carbonyl (C=O) groups is 1. The van der Waals surface area contributed by atoms with Gasteiger partial charge in [0.15, 0.2) is 0 Å². The van der Waals surface area contributed by atoms with Gasteiger partial charge < -0.3 is 9.88 Å². The molecular formula is C21H21N3O3S. The van der Waals surface area contributed by atoms with Gasteiger partial charge in [-0.15, -0.1) is 0 Å². The number of benzene rings is 2. The SMILES string of the molecule is O=C(Nc1ccc(N2CCCCS2(=O)=O)cc1)c1cccc(-n2cccc2)c1. The third-order valence-corrected chi connectivity index (χ3v) is 6.64. The zero-order valence-corrected chi connectivity index (χ0v) is 16.1. The van der Waals surface area contributed by atoms with Gasteiger partial charge in [0.05, 0.1) is 11.4 Å². The Kier molecular flexibility index (Phi) is 4.92. The smallest absolute Gasteiger partial charge is 0.255 e. The number of amides is 1. The van der Waals surface area contributed by atoms with Gasteiger partial charge in [0.2, 0.25) is 10.0 Å². The Labute approximate surface area is 164 Å². The Hall–Kier alpha value is -3.06. The van der Waals surface area contributed by atoms with Crippen LogP contribution in [0.15, 0.2) is 73.1 Å². The molecule has 2 heterocycles. The minimum Gasteiger partial charge on any atom is -0.324 e. The summed E-state index contributed by atoms with van der Waals surface area (Å²) in [4.78, 5) is 12.6. The second-order valence-electron chi connectivity index (χ2n) is 6.74. The molecule has 0 spiro atoms. The summed E-state index contributed by atoms with van der Waals surface area (Å²) in [7, 11) is -3.24. The van der Waals surface area contributed by atoms with Gasteiger partial charge in [-0.05, 0) is 67.4 Å².